The molecule has 1 aliphatic rings. The lowest BCUT2D eigenvalue weighted by molar-refractivity contribution is -0.143. The predicted octanol–water partition coefficient (Wildman–Crippen LogP) is 2.84. The van der Waals surface area contributed by atoms with Gasteiger partial charge in [-0.15, -0.1) is 0 Å². The van der Waals surface area contributed by atoms with E-state index in [-0.39, 0.29) is 0 Å². The van der Waals surface area contributed by atoms with Crippen molar-refractivity contribution in [1.82, 2.24) is 4.90 Å². The molecule has 20 heavy (non-hydrogen) atoms. The summed E-state index contributed by atoms with van der Waals surface area (Å²) in [6, 6.07) is 1.43. The Morgan fingerprint density at radius 1 is 1.25 bits per heavy atom. The lowest BCUT2D eigenvalue weighted by Crippen LogP contribution is -2.32. The van der Waals surface area contributed by atoms with Crippen LogP contribution in [0, 0.1) is 20.8 Å². The molecule has 0 bridgehead atoms. The summed E-state index contributed by atoms with van der Waals surface area (Å²) < 4.78 is 5.42. The van der Waals surface area contributed by atoms with Gasteiger partial charge in [0.1, 0.15) is 11.8 Å². The summed E-state index contributed by atoms with van der Waals surface area (Å²) in [5.41, 5.74) is 3.95. The van der Waals surface area contributed by atoms with E-state index in [0.29, 0.717) is 0 Å². The fourth-order valence-corrected chi connectivity index (χ4v) is 3.17. The summed E-state index contributed by atoms with van der Waals surface area (Å²) in [5.74, 6) is 0.0933. The smallest absolute Gasteiger partial charge is 0.325 e. The molecule has 0 radical (unpaired) electrons. The van der Waals surface area contributed by atoms with Crippen LogP contribution < -0.4 is 4.74 Å². The van der Waals surface area contributed by atoms with E-state index in [1.807, 2.05) is 26.8 Å². The molecule has 1 atom stereocenters. The highest BCUT2D eigenvalue weighted by atomic mass is 16.5. The van der Waals surface area contributed by atoms with Crippen molar-refractivity contribution in [2.24, 2.45) is 0 Å². The molecule has 2 rings (SSSR count). The number of carbonyl (C=O) groups is 1. The topological polar surface area (TPSA) is 49.8 Å². The lowest BCUT2D eigenvalue weighted by Gasteiger charge is -2.27. The average molecular weight is 277 g/mol. The SMILES string of the molecule is COc1c(C)cc(C(C(=O)O)N2CCCC2)c(C)c1C. The van der Waals surface area contributed by atoms with Crippen LogP contribution in [-0.4, -0.2) is 36.2 Å². The van der Waals surface area contributed by atoms with Gasteiger partial charge in [0.15, 0.2) is 0 Å². The highest BCUT2D eigenvalue weighted by Gasteiger charge is 2.31. The minimum atomic E-state index is -0.765. The van der Waals surface area contributed by atoms with Crippen LogP contribution in [0.4, 0.5) is 0 Å². The van der Waals surface area contributed by atoms with Gasteiger partial charge < -0.3 is 9.84 Å². The van der Waals surface area contributed by atoms with Crippen molar-refractivity contribution in [3.05, 3.63) is 28.3 Å². The van der Waals surface area contributed by atoms with E-state index in [1.54, 1.807) is 7.11 Å². The van der Waals surface area contributed by atoms with Crippen LogP contribution in [0.2, 0.25) is 0 Å². The van der Waals surface area contributed by atoms with Crippen LogP contribution in [0.25, 0.3) is 0 Å². The van der Waals surface area contributed by atoms with Crippen LogP contribution in [-0.2, 0) is 4.79 Å². The number of methoxy groups -OCH3 is 1. The van der Waals surface area contributed by atoms with Crippen molar-refractivity contribution in [2.45, 2.75) is 39.7 Å². The van der Waals surface area contributed by atoms with Crippen LogP contribution in [0.3, 0.4) is 0 Å². The van der Waals surface area contributed by atoms with Crippen LogP contribution in [0.15, 0.2) is 6.07 Å². The molecule has 1 aromatic rings. The summed E-state index contributed by atoms with van der Waals surface area (Å²) in [5, 5.41) is 9.65. The molecule has 1 aliphatic heterocycles. The number of rotatable bonds is 4. The van der Waals surface area contributed by atoms with Gasteiger partial charge >= 0.3 is 5.97 Å². The largest absolute Gasteiger partial charge is 0.496 e. The number of likely N-dealkylation sites (tertiary alicyclic amines) is 1. The normalized spacial score (nSPS) is 17.2. The van der Waals surface area contributed by atoms with E-state index in [9.17, 15) is 9.90 Å². The van der Waals surface area contributed by atoms with Crippen molar-refractivity contribution in [1.29, 1.82) is 0 Å². The summed E-state index contributed by atoms with van der Waals surface area (Å²) in [6.45, 7) is 7.67. The first kappa shape index (κ1) is 14.9. The third kappa shape index (κ3) is 2.52. The number of carboxylic acid groups (broad SMARTS) is 1. The molecule has 110 valence electrons. The van der Waals surface area contributed by atoms with Crippen molar-refractivity contribution in [3.8, 4) is 5.75 Å². The van der Waals surface area contributed by atoms with E-state index >= 15 is 0 Å². The Morgan fingerprint density at radius 2 is 1.85 bits per heavy atom. The average Bonchev–Trinajstić information content (AvgIpc) is 2.89. The monoisotopic (exact) mass is 277 g/mol. The highest BCUT2D eigenvalue weighted by Crippen LogP contribution is 2.35. The Balaban J connectivity index is 2.51. The van der Waals surface area contributed by atoms with Gasteiger partial charge in [-0.25, -0.2) is 0 Å². The Morgan fingerprint density at radius 3 is 2.35 bits per heavy atom. The minimum Gasteiger partial charge on any atom is -0.496 e. The van der Waals surface area contributed by atoms with Gasteiger partial charge in [-0.3, -0.25) is 9.69 Å². The van der Waals surface area contributed by atoms with Gasteiger partial charge in [0, 0.05) is 0 Å². The molecule has 0 spiro atoms. The van der Waals surface area contributed by atoms with E-state index in [2.05, 4.69) is 4.90 Å². The van der Waals surface area contributed by atoms with Crippen LogP contribution >= 0.6 is 0 Å². The van der Waals surface area contributed by atoms with Crippen LogP contribution in [0.1, 0.15) is 41.1 Å². The molecule has 4 heteroatoms. The van der Waals surface area contributed by atoms with Gasteiger partial charge in [-0.2, -0.15) is 0 Å². The fraction of sp³-hybridized carbons (Fsp3) is 0.562. The quantitative estimate of drug-likeness (QED) is 0.919. The molecule has 0 aliphatic carbocycles. The van der Waals surface area contributed by atoms with Crippen molar-refractivity contribution in [3.63, 3.8) is 0 Å². The maximum absolute atomic E-state index is 11.7. The van der Waals surface area contributed by atoms with Gasteiger partial charge in [0.05, 0.1) is 7.11 Å². The van der Waals surface area contributed by atoms with E-state index < -0.39 is 12.0 Å². The molecular weight excluding hydrogens is 254 g/mol. The van der Waals surface area contributed by atoms with Gasteiger partial charge in [0.2, 0.25) is 0 Å². The third-order valence-electron chi connectivity index (χ3n) is 4.30. The highest BCUT2D eigenvalue weighted by molar-refractivity contribution is 5.77. The van der Waals surface area contributed by atoms with E-state index in [0.717, 1.165) is 53.9 Å². The van der Waals surface area contributed by atoms with Gasteiger partial charge in [-0.05, 0) is 75.0 Å². The summed E-state index contributed by atoms with van der Waals surface area (Å²) >= 11 is 0. The van der Waals surface area contributed by atoms with E-state index in [1.165, 1.54) is 0 Å². The Hall–Kier alpha value is -1.55. The number of nitrogens with zero attached hydrogens (tertiary/aromatic N) is 1. The van der Waals surface area contributed by atoms with Crippen molar-refractivity contribution >= 4 is 5.97 Å². The molecule has 4 nitrogen and oxygen atoms in total. The zero-order valence-corrected chi connectivity index (χ0v) is 12.7. The van der Waals surface area contributed by atoms with Gasteiger partial charge in [-0.1, -0.05) is 0 Å². The Kier molecular flexibility index (Phi) is 4.33. The lowest BCUT2D eigenvalue weighted by atomic mass is 9.93. The zero-order valence-electron chi connectivity index (χ0n) is 12.7. The summed E-state index contributed by atoms with van der Waals surface area (Å²) in [4.78, 5) is 13.8. The van der Waals surface area contributed by atoms with Crippen LogP contribution in [0.5, 0.6) is 5.75 Å². The third-order valence-corrected chi connectivity index (χ3v) is 4.30. The molecule has 1 N–H and O–H groups in total. The predicted molar refractivity (Wildman–Crippen MR) is 78.4 cm³/mol. The second kappa shape index (κ2) is 5.83. The first-order chi connectivity index (χ1) is 9.47. The summed E-state index contributed by atoms with van der Waals surface area (Å²) in [7, 11) is 1.66. The molecule has 0 aromatic heterocycles. The van der Waals surface area contributed by atoms with Crippen molar-refractivity contribution < 1.29 is 14.6 Å². The number of hydrogen-bond acceptors (Lipinski definition) is 3. The maximum atomic E-state index is 11.7. The maximum Gasteiger partial charge on any atom is 0.325 e. The molecule has 0 amide bonds. The molecule has 1 unspecified atom stereocenters. The number of aryl methyl sites for hydroxylation is 1. The number of carboxylic acids is 1. The molecule has 1 saturated heterocycles. The first-order valence-corrected chi connectivity index (χ1v) is 7.09. The number of hydrogen-bond donors (Lipinski definition) is 1. The Bertz CT molecular complexity index is 519. The molecular formula is C16H23NO3. The van der Waals surface area contributed by atoms with Gasteiger partial charge in [0.25, 0.3) is 0 Å². The standard InChI is InChI=1S/C16H23NO3/c1-10-9-13(11(2)12(3)15(10)20-4)14(16(18)19)17-7-5-6-8-17/h9,14H,5-8H2,1-4H3,(H,18,19). The molecule has 1 fully saturated rings. The molecule has 1 aromatic carbocycles. The Labute approximate surface area is 120 Å². The molecule has 0 saturated carbocycles. The number of aliphatic carboxylic acids is 1. The fourth-order valence-electron chi connectivity index (χ4n) is 3.17. The number of benzene rings is 1. The van der Waals surface area contributed by atoms with E-state index in [4.69, 9.17) is 4.74 Å². The second-order valence-electron chi connectivity index (χ2n) is 5.55. The van der Waals surface area contributed by atoms with Crippen molar-refractivity contribution in [2.75, 3.05) is 20.2 Å². The second-order valence-corrected chi connectivity index (χ2v) is 5.55. The first-order valence-electron chi connectivity index (χ1n) is 7.09. The number of ether oxygens (including phenoxy) is 1. The summed E-state index contributed by atoms with van der Waals surface area (Å²) in [6.07, 6.45) is 2.16. The molecule has 1 heterocycles. The minimum absolute atomic E-state index is 0.541. The zero-order chi connectivity index (χ0) is 14.9.